The summed E-state index contributed by atoms with van der Waals surface area (Å²) in [6, 6.07) is 0. The number of nitrogens with two attached hydrogens (primary N) is 1. The monoisotopic (exact) mass is 213 g/mol. The zero-order valence-electron chi connectivity index (χ0n) is 9.62. The van der Waals surface area contributed by atoms with Crippen LogP contribution in [0.25, 0.3) is 0 Å². The first-order valence-electron chi connectivity index (χ1n) is 5.14. The van der Waals surface area contributed by atoms with Gasteiger partial charge in [-0.1, -0.05) is 0 Å². The average molecular weight is 213 g/mol. The van der Waals surface area contributed by atoms with Crippen LogP contribution < -0.4 is 5.73 Å². The van der Waals surface area contributed by atoms with Crippen molar-refractivity contribution in [1.29, 1.82) is 0 Å². The minimum atomic E-state index is -0.900. The van der Waals surface area contributed by atoms with Crippen LogP contribution in [0, 0.1) is 0 Å². The van der Waals surface area contributed by atoms with Crippen molar-refractivity contribution in [3.8, 4) is 0 Å². The first kappa shape index (κ1) is 12.0. The molecule has 2 N–H and O–H groups in total. The van der Waals surface area contributed by atoms with Gasteiger partial charge in [-0.15, -0.1) is 0 Å². The molecule has 86 valence electrons. The molecule has 0 aromatic carbocycles. The predicted molar refractivity (Wildman–Crippen MR) is 57.1 cm³/mol. The minimum absolute atomic E-state index is 0.0231. The van der Waals surface area contributed by atoms with Gasteiger partial charge in [-0.3, -0.25) is 9.59 Å². The summed E-state index contributed by atoms with van der Waals surface area (Å²) in [6.45, 7) is 4.78. The normalized spacial score (nSPS) is 19.1. The molecule has 15 heavy (non-hydrogen) atoms. The van der Waals surface area contributed by atoms with Gasteiger partial charge in [0, 0.05) is 20.1 Å². The van der Waals surface area contributed by atoms with E-state index in [1.54, 1.807) is 30.7 Å². The van der Waals surface area contributed by atoms with Gasteiger partial charge in [0.2, 0.25) is 11.8 Å². The van der Waals surface area contributed by atoms with E-state index in [4.69, 9.17) is 5.73 Å². The summed E-state index contributed by atoms with van der Waals surface area (Å²) in [4.78, 5) is 26.6. The van der Waals surface area contributed by atoms with Gasteiger partial charge in [0.05, 0.1) is 12.1 Å². The summed E-state index contributed by atoms with van der Waals surface area (Å²) in [6.07, 6.45) is 0.810. The third kappa shape index (κ3) is 2.92. The third-order valence-electron chi connectivity index (χ3n) is 2.51. The van der Waals surface area contributed by atoms with E-state index in [0.29, 0.717) is 13.1 Å². The zero-order chi connectivity index (χ0) is 11.6. The van der Waals surface area contributed by atoms with Crippen LogP contribution in [0.1, 0.15) is 20.3 Å². The third-order valence-corrected chi connectivity index (χ3v) is 2.51. The highest BCUT2D eigenvalue weighted by molar-refractivity contribution is 5.89. The second kappa shape index (κ2) is 4.18. The van der Waals surface area contributed by atoms with Crippen LogP contribution in [0.4, 0.5) is 0 Å². The molecule has 1 saturated heterocycles. The smallest absolute Gasteiger partial charge is 0.242 e. The van der Waals surface area contributed by atoms with Gasteiger partial charge in [0.25, 0.3) is 0 Å². The van der Waals surface area contributed by atoms with Crippen molar-refractivity contribution in [2.24, 2.45) is 5.73 Å². The van der Waals surface area contributed by atoms with Crippen LogP contribution in [-0.2, 0) is 9.59 Å². The lowest BCUT2D eigenvalue weighted by molar-refractivity contribution is -0.140. The Morgan fingerprint density at radius 2 is 2.00 bits per heavy atom. The predicted octanol–water partition coefficient (Wildman–Crippen LogP) is -0.586. The Morgan fingerprint density at radius 1 is 1.40 bits per heavy atom. The molecule has 0 aromatic heterocycles. The van der Waals surface area contributed by atoms with Crippen molar-refractivity contribution in [3.63, 3.8) is 0 Å². The van der Waals surface area contributed by atoms with Crippen molar-refractivity contribution in [1.82, 2.24) is 9.80 Å². The Kier molecular flexibility index (Phi) is 3.34. The molecule has 1 rings (SSSR count). The Hall–Kier alpha value is -1.10. The van der Waals surface area contributed by atoms with E-state index >= 15 is 0 Å². The maximum Gasteiger partial charge on any atom is 0.242 e. The van der Waals surface area contributed by atoms with E-state index in [0.717, 1.165) is 6.42 Å². The maximum atomic E-state index is 11.9. The quantitative estimate of drug-likeness (QED) is 0.633. The highest BCUT2D eigenvalue weighted by Crippen LogP contribution is 2.09. The standard InChI is InChI=1S/C10H19N3O2/c1-10(2,11)9(15)13-6-4-5-12(3)8(14)7-13/h4-7,11H2,1-3H3. The van der Waals surface area contributed by atoms with Crippen molar-refractivity contribution in [3.05, 3.63) is 0 Å². The molecule has 5 heteroatoms. The molecular formula is C10H19N3O2. The summed E-state index contributed by atoms with van der Waals surface area (Å²) >= 11 is 0. The van der Waals surface area contributed by atoms with E-state index in [1.807, 2.05) is 0 Å². The van der Waals surface area contributed by atoms with E-state index in [-0.39, 0.29) is 18.4 Å². The van der Waals surface area contributed by atoms with Crippen molar-refractivity contribution >= 4 is 11.8 Å². The molecule has 0 radical (unpaired) electrons. The Labute approximate surface area is 90.2 Å². The largest absolute Gasteiger partial charge is 0.344 e. The number of nitrogens with zero attached hydrogens (tertiary/aromatic N) is 2. The molecule has 0 atom stereocenters. The van der Waals surface area contributed by atoms with Gasteiger partial charge < -0.3 is 15.5 Å². The molecular weight excluding hydrogens is 194 g/mol. The van der Waals surface area contributed by atoms with Gasteiger partial charge in [-0.05, 0) is 20.3 Å². The van der Waals surface area contributed by atoms with Crippen LogP contribution in [0.2, 0.25) is 0 Å². The van der Waals surface area contributed by atoms with Crippen LogP contribution >= 0.6 is 0 Å². The Bertz CT molecular complexity index is 270. The Balaban J connectivity index is 2.71. The number of likely N-dealkylation sites (N-methyl/N-ethyl adjacent to an activating group) is 1. The van der Waals surface area contributed by atoms with Gasteiger partial charge in [0.15, 0.2) is 0 Å². The van der Waals surface area contributed by atoms with Crippen LogP contribution in [0.3, 0.4) is 0 Å². The minimum Gasteiger partial charge on any atom is -0.344 e. The molecule has 0 aromatic rings. The van der Waals surface area contributed by atoms with Gasteiger partial charge in [-0.25, -0.2) is 0 Å². The molecule has 0 unspecified atom stereocenters. The van der Waals surface area contributed by atoms with Gasteiger partial charge >= 0.3 is 0 Å². The lowest BCUT2D eigenvalue weighted by Crippen LogP contribution is -2.52. The first-order chi connectivity index (χ1) is 6.82. The van der Waals surface area contributed by atoms with E-state index < -0.39 is 5.54 Å². The van der Waals surface area contributed by atoms with Gasteiger partial charge in [0.1, 0.15) is 0 Å². The lowest BCUT2D eigenvalue weighted by Gasteiger charge is -2.27. The molecule has 1 heterocycles. The number of amides is 2. The molecule has 1 aliphatic rings. The van der Waals surface area contributed by atoms with Crippen LogP contribution in [-0.4, -0.2) is 53.8 Å². The molecule has 0 aliphatic carbocycles. The van der Waals surface area contributed by atoms with E-state index in [2.05, 4.69) is 0 Å². The van der Waals surface area contributed by atoms with Crippen molar-refractivity contribution < 1.29 is 9.59 Å². The summed E-state index contributed by atoms with van der Waals surface area (Å²) in [5.41, 5.74) is 4.83. The number of carbonyl (C=O) groups excluding carboxylic acids is 2. The molecule has 2 amide bonds. The number of carbonyl (C=O) groups is 2. The highest BCUT2D eigenvalue weighted by atomic mass is 16.2. The molecule has 5 nitrogen and oxygen atoms in total. The van der Waals surface area contributed by atoms with Crippen molar-refractivity contribution in [2.75, 3.05) is 26.7 Å². The molecule has 0 saturated carbocycles. The molecule has 1 fully saturated rings. The first-order valence-corrected chi connectivity index (χ1v) is 5.14. The Morgan fingerprint density at radius 3 is 2.53 bits per heavy atom. The summed E-state index contributed by atoms with van der Waals surface area (Å²) in [5.74, 6) is -0.184. The SMILES string of the molecule is CN1CCCN(C(=O)C(C)(C)N)CC1=O. The molecule has 0 spiro atoms. The number of hydrogen-bond donors (Lipinski definition) is 1. The summed E-state index contributed by atoms with van der Waals surface area (Å²) < 4.78 is 0. The fourth-order valence-electron chi connectivity index (χ4n) is 1.57. The van der Waals surface area contributed by atoms with Crippen LogP contribution in [0.15, 0.2) is 0 Å². The van der Waals surface area contributed by atoms with Crippen molar-refractivity contribution in [2.45, 2.75) is 25.8 Å². The lowest BCUT2D eigenvalue weighted by atomic mass is 10.1. The second-order valence-electron chi connectivity index (χ2n) is 4.62. The number of hydrogen-bond acceptors (Lipinski definition) is 3. The molecule has 0 bridgehead atoms. The van der Waals surface area contributed by atoms with E-state index in [9.17, 15) is 9.59 Å². The molecule has 1 aliphatic heterocycles. The topological polar surface area (TPSA) is 66.6 Å². The van der Waals surface area contributed by atoms with Gasteiger partial charge in [-0.2, -0.15) is 0 Å². The highest BCUT2D eigenvalue weighted by Gasteiger charge is 2.30. The van der Waals surface area contributed by atoms with E-state index in [1.165, 1.54) is 0 Å². The number of rotatable bonds is 1. The fraction of sp³-hybridized carbons (Fsp3) is 0.800. The summed E-state index contributed by atoms with van der Waals surface area (Å²) in [5, 5.41) is 0. The average Bonchev–Trinajstić information content (AvgIpc) is 2.27. The zero-order valence-corrected chi connectivity index (χ0v) is 9.62. The summed E-state index contributed by atoms with van der Waals surface area (Å²) in [7, 11) is 1.75. The fourth-order valence-corrected chi connectivity index (χ4v) is 1.57. The van der Waals surface area contributed by atoms with Crippen LogP contribution in [0.5, 0.6) is 0 Å². The second-order valence-corrected chi connectivity index (χ2v) is 4.62. The maximum absolute atomic E-state index is 11.9.